The maximum absolute atomic E-state index is 4.06. The van der Waals surface area contributed by atoms with Gasteiger partial charge in [-0.05, 0) is 43.2 Å². The molecule has 3 heterocycles. The van der Waals surface area contributed by atoms with Crippen LogP contribution in [-0.2, 0) is 0 Å². The van der Waals surface area contributed by atoms with Crippen LogP contribution < -0.4 is 0 Å². The molecule has 0 spiro atoms. The third-order valence-electron chi connectivity index (χ3n) is 1.14. The van der Waals surface area contributed by atoms with Crippen molar-refractivity contribution in [3.8, 4) is 0 Å². The minimum absolute atomic E-state index is 0.969. The molecule has 0 saturated heterocycles. The number of nitrogens with zero attached hydrogens (tertiary/aromatic N) is 4. The lowest BCUT2D eigenvalue weighted by molar-refractivity contribution is 0.954. The average Bonchev–Trinajstić information content (AvgIpc) is 2.78. The van der Waals surface area contributed by atoms with Gasteiger partial charge in [-0.1, -0.05) is 22.7 Å². The molecule has 10 heteroatoms. The molecule has 14 heavy (non-hydrogen) atoms. The first-order chi connectivity index (χ1) is 6.90. The molecule has 0 fully saturated rings. The number of aromatic nitrogens is 4. The maximum Gasteiger partial charge on any atom is 0.186 e. The molecule has 4 bridgehead atoms. The average molecular weight is 296 g/mol. The van der Waals surface area contributed by atoms with Crippen LogP contribution in [0.5, 0.6) is 0 Å². The van der Waals surface area contributed by atoms with Crippen molar-refractivity contribution in [1.29, 1.82) is 0 Å². The van der Waals surface area contributed by atoms with Gasteiger partial charge in [-0.2, -0.15) is 0 Å². The highest BCUT2D eigenvalue weighted by atomic mass is 33.1. The summed E-state index contributed by atoms with van der Waals surface area (Å²) in [5, 5.41) is 16.2. The second-order valence-corrected chi connectivity index (χ2v) is 9.20. The van der Waals surface area contributed by atoms with Crippen molar-refractivity contribution in [2.24, 2.45) is 0 Å². The summed E-state index contributed by atoms with van der Waals surface area (Å²) in [6.45, 7) is 0. The summed E-state index contributed by atoms with van der Waals surface area (Å²) in [5.74, 6) is 0. The highest BCUT2D eigenvalue weighted by Crippen LogP contribution is 2.48. The molecule has 4 nitrogen and oxygen atoms in total. The number of rotatable bonds is 0. The lowest BCUT2D eigenvalue weighted by Crippen LogP contribution is -1.71. The van der Waals surface area contributed by atoms with E-state index in [1.54, 1.807) is 65.8 Å². The fourth-order valence-electron chi connectivity index (χ4n) is 0.672. The first-order valence-electron chi connectivity index (χ1n) is 3.26. The highest BCUT2D eigenvalue weighted by molar-refractivity contribution is 8.78. The summed E-state index contributed by atoms with van der Waals surface area (Å²) in [4.78, 5) is 0. The second kappa shape index (κ2) is 4.18. The second-order valence-electron chi connectivity index (χ2n) is 2.00. The molecule has 0 N–H and O–H groups in total. The van der Waals surface area contributed by atoms with Crippen LogP contribution in [0.3, 0.4) is 0 Å². The van der Waals surface area contributed by atoms with Crippen LogP contribution in [0.2, 0.25) is 0 Å². The van der Waals surface area contributed by atoms with Gasteiger partial charge in [0.15, 0.2) is 17.4 Å². The molecule has 0 atom stereocenters. The Kier molecular flexibility index (Phi) is 2.90. The Hall–Kier alpha value is 0.520. The van der Waals surface area contributed by atoms with Crippen LogP contribution in [0.4, 0.5) is 0 Å². The minimum atomic E-state index is 0.969. The van der Waals surface area contributed by atoms with Crippen molar-refractivity contribution in [2.75, 3.05) is 0 Å². The summed E-state index contributed by atoms with van der Waals surface area (Å²) in [7, 11) is 6.35. The highest BCUT2D eigenvalue weighted by Gasteiger charge is 2.14. The summed E-state index contributed by atoms with van der Waals surface area (Å²) in [6, 6.07) is 0. The van der Waals surface area contributed by atoms with E-state index in [-0.39, 0.29) is 0 Å². The Morgan fingerprint density at radius 2 is 0.786 bits per heavy atom. The molecule has 0 unspecified atom stereocenters. The first-order valence-corrected chi connectivity index (χ1v) is 9.19. The van der Waals surface area contributed by atoms with Crippen molar-refractivity contribution in [1.82, 2.24) is 20.4 Å². The van der Waals surface area contributed by atoms with E-state index < -0.39 is 0 Å². The third-order valence-corrected chi connectivity index (χ3v) is 8.89. The molecular formula is C4N4S6. The van der Waals surface area contributed by atoms with Gasteiger partial charge in [-0.15, -0.1) is 20.4 Å². The van der Waals surface area contributed by atoms with Crippen molar-refractivity contribution in [3.05, 3.63) is 0 Å². The quantitative estimate of drug-likeness (QED) is 0.686. The van der Waals surface area contributed by atoms with E-state index >= 15 is 0 Å². The molecule has 72 valence electrons. The molecule has 0 aromatic carbocycles. The number of hydrogen-bond donors (Lipinski definition) is 0. The minimum Gasteiger partial charge on any atom is -0.130 e. The number of fused-ring (bicyclic) bond motifs is 4. The van der Waals surface area contributed by atoms with Gasteiger partial charge in [-0.25, -0.2) is 0 Å². The summed E-state index contributed by atoms with van der Waals surface area (Å²) >= 11 is 3.21. The van der Waals surface area contributed by atoms with E-state index in [0.717, 1.165) is 17.4 Å². The van der Waals surface area contributed by atoms with Crippen molar-refractivity contribution < 1.29 is 0 Å². The van der Waals surface area contributed by atoms with Gasteiger partial charge >= 0.3 is 0 Å². The van der Waals surface area contributed by atoms with Gasteiger partial charge in [0.05, 0.1) is 0 Å². The van der Waals surface area contributed by atoms with Gasteiger partial charge in [0.1, 0.15) is 0 Å². The van der Waals surface area contributed by atoms with Gasteiger partial charge in [-0.3, -0.25) is 0 Å². The molecule has 0 saturated carbocycles. The van der Waals surface area contributed by atoms with Gasteiger partial charge < -0.3 is 0 Å². The van der Waals surface area contributed by atoms with Crippen molar-refractivity contribution in [3.63, 3.8) is 0 Å². The Bertz CT molecular complexity index is 371. The lowest BCUT2D eigenvalue weighted by atomic mass is 11.6. The normalized spacial score (nSPS) is 15.4. The van der Waals surface area contributed by atoms with Crippen molar-refractivity contribution >= 4 is 65.8 Å². The largest absolute Gasteiger partial charge is 0.186 e. The first kappa shape index (κ1) is 9.73. The molecule has 0 aliphatic carbocycles. The Labute approximate surface area is 103 Å². The lowest BCUT2D eigenvalue weighted by Gasteiger charge is -1.91. The standard InChI is InChI=1S/C4N4S6/c5-1-9-2(6-5)13-14-4-8-7-3(10-4)12-11-1. The van der Waals surface area contributed by atoms with Crippen LogP contribution >= 0.6 is 65.8 Å². The van der Waals surface area contributed by atoms with E-state index in [0.29, 0.717) is 0 Å². The molecule has 1 aliphatic heterocycles. The predicted molar refractivity (Wildman–Crippen MR) is 63.2 cm³/mol. The van der Waals surface area contributed by atoms with E-state index in [1.165, 1.54) is 0 Å². The zero-order chi connectivity index (χ0) is 9.38. The monoisotopic (exact) mass is 296 g/mol. The van der Waals surface area contributed by atoms with Gasteiger partial charge in [0, 0.05) is 0 Å². The Morgan fingerprint density at radius 1 is 0.500 bits per heavy atom. The molecular weight excluding hydrogens is 296 g/mol. The molecule has 2 aromatic heterocycles. The summed E-state index contributed by atoms with van der Waals surface area (Å²) in [6.07, 6.45) is 0. The van der Waals surface area contributed by atoms with Crippen LogP contribution in [0, 0.1) is 0 Å². The molecule has 2 aromatic rings. The van der Waals surface area contributed by atoms with Gasteiger partial charge in [0.25, 0.3) is 0 Å². The van der Waals surface area contributed by atoms with Crippen LogP contribution in [0.25, 0.3) is 0 Å². The molecule has 0 radical (unpaired) electrons. The van der Waals surface area contributed by atoms with Crippen molar-refractivity contribution in [2.45, 2.75) is 17.4 Å². The van der Waals surface area contributed by atoms with E-state index in [9.17, 15) is 0 Å². The fraction of sp³-hybridized carbons (Fsp3) is 0. The third kappa shape index (κ3) is 2.04. The van der Waals surface area contributed by atoms with Crippen LogP contribution in [0.1, 0.15) is 0 Å². The maximum atomic E-state index is 4.06. The number of hydrogen-bond acceptors (Lipinski definition) is 10. The van der Waals surface area contributed by atoms with Gasteiger partial charge in [0.2, 0.25) is 0 Å². The van der Waals surface area contributed by atoms with Crippen LogP contribution in [-0.4, -0.2) is 20.4 Å². The SMILES string of the molecule is n1nc2sc1SSc1nnc(s1)SS2. The molecule has 3 rings (SSSR count). The Morgan fingerprint density at radius 3 is 1.07 bits per heavy atom. The fourth-order valence-corrected chi connectivity index (χ4v) is 7.39. The summed E-state index contributed by atoms with van der Waals surface area (Å²) < 4.78 is 3.88. The topological polar surface area (TPSA) is 51.6 Å². The molecule has 0 amide bonds. The van der Waals surface area contributed by atoms with E-state index in [1.807, 2.05) is 0 Å². The van der Waals surface area contributed by atoms with E-state index in [2.05, 4.69) is 20.4 Å². The summed E-state index contributed by atoms with van der Waals surface area (Å²) in [5.41, 5.74) is 0. The zero-order valence-electron chi connectivity index (χ0n) is 6.24. The Balaban J connectivity index is 1.95. The van der Waals surface area contributed by atoms with E-state index in [4.69, 9.17) is 0 Å². The zero-order valence-corrected chi connectivity index (χ0v) is 11.1. The van der Waals surface area contributed by atoms with Crippen LogP contribution in [0.15, 0.2) is 17.4 Å². The smallest absolute Gasteiger partial charge is 0.130 e. The molecule has 1 aliphatic rings. The predicted octanol–water partition coefficient (Wildman–Crippen LogP) is 3.30.